The van der Waals surface area contributed by atoms with Crippen LogP contribution in [0.5, 0.6) is 0 Å². The Morgan fingerprint density at radius 3 is 2.83 bits per heavy atom. The van der Waals surface area contributed by atoms with Crippen LogP contribution in [0.25, 0.3) is 22.3 Å². The minimum Gasteiger partial charge on any atom is -0.394 e. The van der Waals surface area contributed by atoms with Gasteiger partial charge in [-0.1, -0.05) is 0 Å². The molecule has 7 nitrogen and oxygen atoms in total. The van der Waals surface area contributed by atoms with Crippen molar-refractivity contribution in [3.8, 4) is 11.3 Å². The maximum Gasteiger partial charge on any atom is 0.419 e. The van der Waals surface area contributed by atoms with E-state index < -0.39 is 17.8 Å². The summed E-state index contributed by atoms with van der Waals surface area (Å²) in [5.74, 6) is 0.00841. The van der Waals surface area contributed by atoms with Crippen molar-refractivity contribution in [1.29, 1.82) is 0 Å². The van der Waals surface area contributed by atoms with Crippen LogP contribution in [0.3, 0.4) is 0 Å². The van der Waals surface area contributed by atoms with Crippen LogP contribution in [0.15, 0.2) is 24.5 Å². The number of aromatic nitrogens is 4. The topological polar surface area (TPSA) is 96.0 Å². The predicted molar refractivity (Wildman–Crippen MR) is 105 cm³/mol. The van der Waals surface area contributed by atoms with E-state index in [1.165, 1.54) is 6.20 Å². The van der Waals surface area contributed by atoms with Crippen molar-refractivity contribution in [2.45, 2.75) is 44.5 Å². The number of hydrogen-bond donors (Lipinski definition) is 3. The highest BCUT2D eigenvalue weighted by Gasteiger charge is 2.36. The molecule has 0 spiro atoms. The van der Waals surface area contributed by atoms with E-state index in [-0.39, 0.29) is 29.9 Å². The number of H-pyrrole nitrogens is 1. The molecule has 1 saturated heterocycles. The van der Waals surface area contributed by atoms with Crippen molar-refractivity contribution < 1.29 is 23.0 Å². The van der Waals surface area contributed by atoms with E-state index >= 15 is 0 Å². The Bertz CT molecular complexity index is 1030. The van der Waals surface area contributed by atoms with Crippen molar-refractivity contribution in [2.75, 3.05) is 18.5 Å². The molecule has 0 aromatic carbocycles. The lowest BCUT2D eigenvalue weighted by Gasteiger charge is -2.21. The van der Waals surface area contributed by atoms with E-state index in [2.05, 4.69) is 25.3 Å². The molecule has 1 aliphatic rings. The van der Waals surface area contributed by atoms with Gasteiger partial charge in [-0.05, 0) is 38.3 Å². The van der Waals surface area contributed by atoms with Crippen molar-refractivity contribution in [2.24, 2.45) is 0 Å². The Balaban J connectivity index is 1.77. The monoisotopic (exact) mass is 421 g/mol. The number of halogens is 3. The summed E-state index contributed by atoms with van der Waals surface area (Å²) >= 11 is 0. The van der Waals surface area contributed by atoms with Gasteiger partial charge >= 0.3 is 6.18 Å². The molecule has 1 fully saturated rings. The van der Waals surface area contributed by atoms with E-state index in [0.29, 0.717) is 17.6 Å². The summed E-state index contributed by atoms with van der Waals surface area (Å²) < 4.78 is 46.6. The number of hydrogen-bond acceptors (Lipinski definition) is 6. The second kappa shape index (κ2) is 8.19. The Morgan fingerprint density at radius 2 is 2.13 bits per heavy atom. The number of rotatable bonds is 5. The third-order valence-electron chi connectivity index (χ3n) is 5.07. The molecule has 0 bridgehead atoms. The normalized spacial score (nSPS) is 18.5. The van der Waals surface area contributed by atoms with Gasteiger partial charge in [-0.3, -0.25) is 0 Å². The second-order valence-electron chi connectivity index (χ2n) is 7.37. The van der Waals surface area contributed by atoms with Gasteiger partial charge in [0.1, 0.15) is 11.2 Å². The molecular formula is C20H22F3N5O2. The first kappa shape index (κ1) is 20.5. The van der Waals surface area contributed by atoms with Crippen molar-refractivity contribution in [3.63, 3.8) is 0 Å². The zero-order valence-electron chi connectivity index (χ0n) is 16.3. The van der Waals surface area contributed by atoms with Gasteiger partial charge in [-0.25, -0.2) is 15.0 Å². The van der Waals surface area contributed by atoms with Crippen LogP contribution in [0, 0.1) is 0 Å². The summed E-state index contributed by atoms with van der Waals surface area (Å²) in [6.07, 6.45) is 0.446. The van der Waals surface area contributed by atoms with Crippen LogP contribution in [-0.4, -0.2) is 44.3 Å². The van der Waals surface area contributed by atoms with Gasteiger partial charge in [-0.2, -0.15) is 13.2 Å². The number of nitrogens with zero attached hydrogens (tertiary/aromatic N) is 3. The molecule has 4 heterocycles. The highest BCUT2D eigenvalue weighted by Crippen LogP contribution is 2.39. The molecule has 0 aliphatic carbocycles. The highest BCUT2D eigenvalue weighted by atomic mass is 19.4. The molecule has 4 rings (SSSR count). The van der Waals surface area contributed by atoms with Gasteiger partial charge in [0.15, 0.2) is 0 Å². The molecule has 10 heteroatoms. The molecule has 160 valence electrons. The van der Waals surface area contributed by atoms with Gasteiger partial charge in [0.25, 0.3) is 0 Å². The first-order valence-electron chi connectivity index (χ1n) is 9.78. The SMILES string of the molecule is CC(CO)Nc1ncc(C(F)(F)F)c(-c2c[nH]c3nc(C4CCCCO4)ccc23)n1. The Labute approximate surface area is 170 Å². The zero-order chi connectivity index (χ0) is 21.3. The van der Waals surface area contributed by atoms with Gasteiger partial charge < -0.3 is 20.1 Å². The first-order valence-corrected chi connectivity index (χ1v) is 9.78. The van der Waals surface area contributed by atoms with E-state index in [4.69, 9.17) is 4.74 Å². The summed E-state index contributed by atoms with van der Waals surface area (Å²) in [5, 5.41) is 12.5. The van der Waals surface area contributed by atoms with Crippen LogP contribution >= 0.6 is 0 Å². The van der Waals surface area contributed by atoms with Gasteiger partial charge in [0.2, 0.25) is 5.95 Å². The molecule has 3 aromatic rings. The van der Waals surface area contributed by atoms with E-state index in [0.717, 1.165) is 31.2 Å². The standard InChI is InChI=1S/C20H22F3N5O2/c1-11(10-29)26-19-25-9-14(20(21,22)23)17(28-19)13-8-24-18-12(13)5-6-15(27-18)16-4-2-3-7-30-16/h5-6,8-9,11,16,29H,2-4,7,10H2,1H3,(H,24,27)(H,25,26,28). The average Bonchev–Trinajstić information content (AvgIpc) is 3.16. The molecule has 2 unspecified atom stereocenters. The summed E-state index contributed by atoms with van der Waals surface area (Å²) in [4.78, 5) is 15.4. The summed E-state index contributed by atoms with van der Waals surface area (Å²) in [6.45, 7) is 2.15. The minimum absolute atomic E-state index is 0.00841. The quantitative estimate of drug-likeness (QED) is 0.575. The van der Waals surface area contributed by atoms with Crippen LogP contribution in [-0.2, 0) is 10.9 Å². The van der Waals surface area contributed by atoms with Gasteiger partial charge in [0, 0.05) is 36.0 Å². The first-order chi connectivity index (χ1) is 14.4. The molecule has 0 amide bonds. The lowest BCUT2D eigenvalue weighted by Crippen LogP contribution is -2.21. The third-order valence-corrected chi connectivity index (χ3v) is 5.07. The molecule has 2 atom stereocenters. The van der Waals surface area contributed by atoms with Crippen molar-refractivity contribution >= 4 is 17.0 Å². The minimum atomic E-state index is -4.62. The van der Waals surface area contributed by atoms with Gasteiger partial charge in [-0.15, -0.1) is 0 Å². The maximum atomic E-state index is 13.6. The van der Waals surface area contributed by atoms with Crippen LogP contribution in [0.1, 0.15) is 43.5 Å². The third kappa shape index (κ3) is 4.10. The summed E-state index contributed by atoms with van der Waals surface area (Å²) in [5.41, 5.74) is 0.322. The predicted octanol–water partition coefficient (Wildman–Crippen LogP) is 4.07. The smallest absolute Gasteiger partial charge is 0.394 e. The number of alkyl halides is 3. The number of pyridine rings is 1. The van der Waals surface area contributed by atoms with Crippen LogP contribution in [0.4, 0.5) is 19.1 Å². The average molecular weight is 421 g/mol. The zero-order valence-corrected chi connectivity index (χ0v) is 16.3. The number of aliphatic hydroxyl groups is 1. The van der Waals surface area contributed by atoms with Crippen LogP contribution in [0.2, 0.25) is 0 Å². The number of ether oxygens (including phenoxy) is 1. The molecular weight excluding hydrogens is 399 g/mol. The Hall–Kier alpha value is -2.72. The van der Waals surface area contributed by atoms with Crippen LogP contribution < -0.4 is 5.32 Å². The molecule has 3 aromatic heterocycles. The number of nitrogens with one attached hydrogen (secondary N) is 2. The second-order valence-corrected chi connectivity index (χ2v) is 7.37. The number of aromatic amines is 1. The molecule has 0 radical (unpaired) electrons. The summed E-state index contributed by atoms with van der Waals surface area (Å²) in [7, 11) is 0. The number of aliphatic hydroxyl groups excluding tert-OH is 1. The maximum absolute atomic E-state index is 13.6. The van der Waals surface area contributed by atoms with E-state index in [1.807, 2.05) is 0 Å². The number of fused-ring (bicyclic) bond motifs is 1. The largest absolute Gasteiger partial charge is 0.419 e. The molecule has 30 heavy (non-hydrogen) atoms. The fourth-order valence-corrected chi connectivity index (χ4v) is 3.50. The van der Waals surface area contributed by atoms with E-state index in [9.17, 15) is 18.3 Å². The Morgan fingerprint density at radius 1 is 1.30 bits per heavy atom. The lowest BCUT2D eigenvalue weighted by atomic mass is 10.0. The number of anilines is 1. The molecule has 0 saturated carbocycles. The van der Waals surface area contributed by atoms with Gasteiger partial charge in [0.05, 0.1) is 24.1 Å². The lowest BCUT2D eigenvalue weighted by molar-refractivity contribution is -0.137. The summed E-state index contributed by atoms with van der Waals surface area (Å²) in [6, 6.07) is 3.13. The molecule has 3 N–H and O–H groups in total. The van der Waals surface area contributed by atoms with Crippen molar-refractivity contribution in [1.82, 2.24) is 19.9 Å². The van der Waals surface area contributed by atoms with Crippen molar-refractivity contribution in [3.05, 3.63) is 35.8 Å². The highest BCUT2D eigenvalue weighted by molar-refractivity contribution is 5.93. The van der Waals surface area contributed by atoms with E-state index in [1.54, 1.807) is 19.1 Å². The Kier molecular flexibility index (Phi) is 5.61. The molecule has 1 aliphatic heterocycles. The fraction of sp³-hybridized carbons (Fsp3) is 0.450. The fourth-order valence-electron chi connectivity index (χ4n) is 3.50.